The van der Waals surface area contributed by atoms with E-state index in [4.69, 9.17) is 0 Å². The molecule has 1 rings (SSSR count). The van der Waals surface area contributed by atoms with Gasteiger partial charge in [0.05, 0.1) is 13.7 Å². The number of unbranched alkanes of at least 4 members (excludes halogenated alkanes) is 2. The van der Waals surface area contributed by atoms with Crippen LogP contribution in [0.1, 0.15) is 42.5 Å². The molecule has 0 aromatic carbocycles. The van der Waals surface area contributed by atoms with Gasteiger partial charge in [0.2, 0.25) is 0 Å². The number of methoxy groups -OCH3 is 1. The zero-order chi connectivity index (χ0) is 16.2. The summed E-state index contributed by atoms with van der Waals surface area (Å²) < 4.78 is 4.61. The molecule has 124 valence electrons. The van der Waals surface area contributed by atoms with E-state index >= 15 is 0 Å². The minimum absolute atomic E-state index is 0.137. The number of thiazole rings is 1. The third kappa shape index (κ3) is 7.97. The third-order valence-corrected chi connectivity index (χ3v) is 3.86. The normalized spacial score (nSPS) is 11.3. The van der Waals surface area contributed by atoms with Gasteiger partial charge in [0.1, 0.15) is 5.01 Å². The van der Waals surface area contributed by atoms with Crippen LogP contribution in [0.4, 0.5) is 0 Å². The Hall–Kier alpha value is -1.63. The van der Waals surface area contributed by atoms with Gasteiger partial charge in [0.25, 0.3) is 0 Å². The molecule has 0 amide bonds. The number of rotatable bonds is 9. The van der Waals surface area contributed by atoms with Crippen molar-refractivity contribution in [3.8, 4) is 0 Å². The first-order chi connectivity index (χ1) is 10.7. The number of ether oxygens (including phenoxy) is 1. The third-order valence-electron chi connectivity index (χ3n) is 2.96. The van der Waals surface area contributed by atoms with E-state index in [2.05, 4.69) is 25.3 Å². The second-order valence-corrected chi connectivity index (χ2v) is 6.19. The van der Waals surface area contributed by atoms with Crippen molar-refractivity contribution in [2.45, 2.75) is 46.1 Å². The number of aromatic nitrogens is 1. The van der Waals surface area contributed by atoms with Crippen LogP contribution in [-0.2, 0) is 16.1 Å². The van der Waals surface area contributed by atoms with E-state index < -0.39 is 0 Å². The number of carbonyl (C=O) groups excluding carboxylic acids is 1. The van der Waals surface area contributed by atoms with Crippen LogP contribution in [0.25, 0.3) is 0 Å². The minimum atomic E-state index is -0.137. The van der Waals surface area contributed by atoms with Gasteiger partial charge in [-0.05, 0) is 26.7 Å². The minimum Gasteiger partial charge on any atom is -0.469 e. The fraction of sp³-hybridized carbons (Fsp3) is 0.667. The number of carbonyl (C=O) groups is 1. The van der Waals surface area contributed by atoms with E-state index in [1.54, 1.807) is 11.3 Å². The summed E-state index contributed by atoms with van der Waals surface area (Å²) in [6.07, 6.45) is 5.22. The quantitative estimate of drug-likeness (QED) is 0.315. The molecule has 7 heteroatoms. The number of nitrogens with zero attached hydrogens (tertiary/aromatic N) is 2. The van der Waals surface area contributed by atoms with Gasteiger partial charge in [-0.15, -0.1) is 11.3 Å². The van der Waals surface area contributed by atoms with E-state index in [0.29, 0.717) is 13.0 Å². The van der Waals surface area contributed by atoms with Crippen LogP contribution in [0.2, 0.25) is 0 Å². The van der Waals surface area contributed by atoms with Gasteiger partial charge >= 0.3 is 5.97 Å². The highest BCUT2D eigenvalue weighted by Crippen LogP contribution is 2.11. The lowest BCUT2D eigenvalue weighted by molar-refractivity contribution is -0.140. The number of aryl methyl sites for hydroxylation is 1. The molecule has 0 aliphatic rings. The monoisotopic (exact) mass is 326 g/mol. The van der Waals surface area contributed by atoms with Crippen LogP contribution in [0.15, 0.2) is 11.2 Å². The van der Waals surface area contributed by atoms with Gasteiger partial charge in [-0.1, -0.05) is 6.42 Å². The highest BCUT2D eigenvalue weighted by Gasteiger charge is 2.01. The Morgan fingerprint density at radius 2 is 2.18 bits per heavy atom. The Labute approximate surface area is 136 Å². The standard InChI is InChI=1S/C15H26N4O2S/c1-4-16-15(19-11-13-18-10-12(2)22-13)17-9-7-5-6-8-14(20)21-3/h10H,4-9,11H2,1-3H3,(H2,16,17,19). The Kier molecular flexibility index (Phi) is 9.21. The molecule has 0 aliphatic heterocycles. The first-order valence-corrected chi connectivity index (χ1v) is 8.47. The molecule has 0 radical (unpaired) electrons. The SMILES string of the molecule is CCNC(=NCc1ncc(C)s1)NCCCCCC(=O)OC. The van der Waals surface area contributed by atoms with Crippen LogP contribution in [-0.4, -0.2) is 37.1 Å². The molecule has 2 N–H and O–H groups in total. The van der Waals surface area contributed by atoms with Gasteiger partial charge in [-0.25, -0.2) is 9.98 Å². The summed E-state index contributed by atoms with van der Waals surface area (Å²) in [6.45, 7) is 6.34. The summed E-state index contributed by atoms with van der Waals surface area (Å²) in [7, 11) is 1.42. The Bertz CT molecular complexity index is 474. The molecule has 1 aromatic heterocycles. The van der Waals surface area contributed by atoms with Gasteiger partial charge in [-0.2, -0.15) is 0 Å². The summed E-state index contributed by atoms with van der Waals surface area (Å²) >= 11 is 1.67. The predicted octanol–water partition coefficient (Wildman–Crippen LogP) is 2.24. The zero-order valence-electron chi connectivity index (χ0n) is 13.6. The number of hydrogen-bond donors (Lipinski definition) is 2. The van der Waals surface area contributed by atoms with Crippen LogP contribution in [0, 0.1) is 6.92 Å². The van der Waals surface area contributed by atoms with E-state index in [9.17, 15) is 4.79 Å². The van der Waals surface area contributed by atoms with Crippen molar-refractivity contribution in [2.24, 2.45) is 4.99 Å². The molecule has 0 bridgehead atoms. The average Bonchev–Trinajstić information content (AvgIpc) is 2.93. The zero-order valence-corrected chi connectivity index (χ0v) is 14.5. The molecule has 0 saturated heterocycles. The van der Waals surface area contributed by atoms with Crippen molar-refractivity contribution in [3.05, 3.63) is 16.1 Å². The van der Waals surface area contributed by atoms with Crippen molar-refractivity contribution < 1.29 is 9.53 Å². The number of esters is 1. The van der Waals surface area contributed by atoms with E-state index in [1.165, 1.54) is 12.0 Å². The summed E-state index contributed by atoms with van der Waals surface area (Å²) in [5.74, 6) is 0.671. The second-order valence-electron chi connectivity index (χ2n) is 4.87. The van der Waals surface area contributed by atoms with Crippen molar-refractivity contribution in [1.29, 1.82) is 0 Å². The Morgan fingerprint density at radius 1 is 1.36 bits per heavy atom. The van der Waals surface area contributed by atoms with Gasteiger partial charge in [-0.3, -0.25) is 4.79 Å². The summed E-state index contributed by atoms with van der Waals surface area (Å²) in [4.78, 5) is 21.0. The van der Waals surface area contributed by atoms with Crippen molar-refractivity contribution in [1.82, 2.24) is 15.6 Å². The summed E-state index contributed by atoms with van der Waals surface area (Å²) in [5.41, 5.74) is 0. The Balaban J connectivity index is 2.24. The largest absolute Gasteiger partial charge is 0.469 e. The molecule has 1 heterocycles. The molecule has 0 spiro atoms. The highest BCUT2D eigenvalue weighted by molar-refractivity contribution is 7.11. The number of nitrogens with one attached hydrogen (secondary N) is 2. The average molecular weight is 326 g/mol. The molecule has 6 nitrogen and oxygen atoms in total. The van der Waals surface area contributed by atoms with E-state index in [0.717, 1.165) is 43.3 Å². The number of guanidine groups is 1. The first kappa shape index (κ1) is 18.4. The van der Waals surface area contributed by atoms with E-state index in [1.807, 2.05) is 20.0 Å². The fourth-order valence-corrected chi connectivity index (χ4v) is 2.55. The fourth-order valence-electron chi connectivity index (χ4n) is 1.84. The predicted molar refractivity (Wildman–Crippen MR) is 90.2 cm³/mol. The summed E-state index contributed by atoms with van der Waals surface area (Å²) in [5, 5.41) is 7.54. The molecule has 22 heavy (non-hydrogen) atoms. The lowest BCUT2D eigenvalue weighted by Gasteiger charge is -2.10. The topological polar surface area (TPSA) is 75.6 Å². The molecule has 0 atom stereocenters. The molecule has 1 aromatic rings. The molecule has 0 saturated carbocycles. The lowest BCUT2D eigenvalue weighted by atomic mass is 10.2. The molecular formula is C15H26N4O2S. The van der Waals surface area contributed by atoms with E-state index in [-0.39, 0.29) is 5.97 Å². The van der Waals surface area contributed by atoms with Crippen LogP contribution in [0.3, 0.4) is 0 Å². The smallest absolute Gasteiger partial charge is 0.305 e. The Morgan fingerprint density at radius 3 is 2.82 bits per heavy atom. The highest BCUT2D eigenvalue weighted by atomic mass is 32.1. The van der Waals surface area contributed by atoms with Crippen LogP contribution < -0.4 is 10.6 Å². The summed E-state index contributed by atoms with van der Waals surface area (Å²) in [6, 6.07) is 0. The van der Waals surface area contributed by atoms with Gasteiger partial charge < -0.3 is 15.4 Å². The first-order valence-electron chi connectivity index (χ1n) is 7.66. The van der Waals surface area contributed by atoms with Gasteiger partial charge in [0.15, 0.2) is 5.96 Å². The maximum absolute atomic E-state index is 11.0. The maximum Gasteiger partial charge on any atom is 0.305 e. The lowest BCUT2D eigenvalue weighted by Crippen LogP contribution is -2.37. The molecule has 0 fully saturated rings. The molecule has 0 aliphatic carbocycles. The van der Waals surface area contributed by atoms with Crippen LogP contribution >= 0.6 is 11.3 Å². The van der Waals surface area contributed by atoms with Crippen molar-refractivity contribution in [2.75, 3.05) is 20.2 Å². The number of hydrogen-bond acceptors (Lipinski definition) is 5. The number of aliphatic imine (C=N–C) groups is 1. The second kappa shape index (κ2) is 11.0. The van der Waals surface area contributed by atoms with Crippen molar-refractivity contribution in [3.63, 3.8) is 0 Å². The van der Waals surface area contributed by atoms with Crippen molar-refractivity contribution >= 4 is 23.3 Å². The molecule has 0 unspecified atom stereocenters. The van der Waals surface area contributed by atoms with Gasteiger partial charge in [0, 0.05) is 30.6 Å². The maximum atomic E-state index is 11.0. The molecular weight excluding hydrogens is 300 g/mol. The van der Waals surface area contributed by atoms with Crippen LogP contribution in [0.5, 0.6) is 0 Å².